The fraction of sp³-hybridized carbons (Fsp3) is 0.500. The van der Waals surface area contributed by atoms with E-state index in [0.29, 0.717) is 6.04 Å². The van der Waals surface area contributed by atoms with E-state index in [1.54, 1.807) is 0 Å². The zero-order valence-electron chi connectivity index (χ0n) is 12.7. The standard InChI is InChI=1S/C18H24N2/c1-12-8-9-16(13(2)10-12)20-18-11-14(3)19-17-7-5-4-6-15(17)18/h4-7,11-13,16H,8-10H2,1-3H3,(H,19,20). The van der Waals surface area contributed by atoms with Crippen molar-refractivity contribution >= 4 is 16.6 Å². The number of benzene rings is 1. The van der Waals surface area contributed by atoms with Gasteiger partial charge in [-0.25, -0.2) is 0 Å². The van der Waals surface area contributed by atoms with Crippen molar-refractivity contribution in [1.29, 1.82) is 0 Å². The molecule has 106 valence electrons. The van der Waals surface area contributed by atoms with Gasteiger partial charge in [0, 0.05) is 22.8 Å². The smallest absolute Gasteiger partial charge is 0.0725 e. The maximum atomic E-state index is 4.62. The zero-order chi connectivity index (χ0) is 14.1. The van der Waals surface area contributed by atoms with Crippen LogP contribution in [0.4, 0.5) is 5.69 Å². The monoisotopic (exact) mass is 268 g/mol. The number of pyridine rings is 1. The van der Waals surface area contributed by atoms with Gasteiger partial charge in [-0.2, -0.15) is 0 Å². The number of rotatable bonds is 2. The predicted octanol–water partition coefficient (Wildman–Crippen LogP) is 4.78. The minimum Gasteiger partial charge on any atom is -0.381 e. The second kappa shape index (κ2) is 5.43. The molecule has 2 aromatic rings. The molecule has 0 radical (unpaired) electrons. The number of nitrogens with zero attached hydrogens (tertiary/aromatic N) is 1. The van der Waals surface area contributed by atoms with E-state index in [4.69, 9.17) is 0 Å². The van der Waals surface area contributed by atoms with Gasteiger partial charge in [-0.1, -0.05) is 32.0 Å². The van der Waals surface area contributed by atoms with Crippen LogP contribution in [0.15, 0.2) is 30.3 Å². The number of nitrogens with one attached hydrogen (secondary N) is 1. The van der Waals surface area contributed by atoms with Gasteiger partial charge in [0.2, 0.25) is 0 Å². The normalized spacial score (nSPS) is 26.6. The molecule has 2 nitrogen and oxygen atoms in total. The summed E-state index contributed by atoms with van der Waals surface area (Å²) in [6.45, 7) is 6.83. The summed E-state index contributed by atoms with van der Waals surface area (Å²) in [6.07, 6.45) is 3.95. The van der Waals surface area contributed by atoms with Crippen LogP contribution in [0, 0.1) is 18.8 Å². The summed E-state index contributed by atoms with van der Waals surface area (Å²) in [5.74, 6) is 1.62. The molecule has 3 rings (SSSR count). The van der Waals surface area contributed by atoms with E-state index in [9.17, 15) is 0 Å². The third kappa shape index (κ3) is 2.65. The summed E-state index contributed by atoms with van der Waals surface area (Å²) in [7, 11) is 0. The molecule has 0 spiro atoms. The molecule has 2 heteroatoms. The Labute approximate surface area is 121 Å². The molecule has 1 saturated carbocycles. The van der Waals surface area contributed by atoms with Crippen LogP contribution in [-0.4, -0.2) is 11.0 Å². The van der Waals surface area contributed by atoms with Crippen molar-refractivity contribution in [3.63, 3.8) is 0 Å². The summed E-state index contributed by atoms with van der Waals surface area (Å²) in [5.41, 5.74) is 3.43. The number of anilines is 1. The van der Waals surface area contributed by atoms with E-state index in [0.717, 1.165) is 23.0 Å². The highest BCUT2D eigenvalue weighted by Gasteiger charge is 2.25. The lowest BCUT2D eigenvalue weighted by atomic mass is 9.80. The quantitative estimate of drug-likeness (QED) is 0.847. The first-order chi connectivity index (χ1) is 9.63. The third-order valence-electron chi connectivity index (χ3n) is 4.62. The van der Waals surface area contributed by atoms with Crippen molar-refractivity contribution < 1.29 is 0 Å². The molecular weight excluding hydrogens is 244 g/mol. The Morgan fingerprint density at radius 3 is 2.75 bits per heavy atom. The van der Waals surface area contributed by atoms with Gasteiger partial charge in [0.05, 0.1) is 5.52 Å². The summed E-state index contributed by atoms with van der Waals surface area (Å²) in [5, 5.41) is 5.03. The Balaban J connectivity index is 1.90. The maximum Gasteiger partial charge on any atom is 0.0725 e. The van der Waals surface area contributed by atoms with Gasteiger partial charge in [0.15, 0.2) is 0 Å². The highest BCUT2D eigenvalue weighted by Crippen LogP contribution is 2.32. The molecule has 1 heterocycles. The van der Waals surface area contributed by atoms with E-state index in [-0.39, 0.29) is 0 Å². The van der Waals surface area contributed by atoms with E-state index in [2.05, 4.69) is 61.4 Å². The minimum atomic E-state index is 0.594. The van der Waals surface area contributed by atoms with E-state index >= 15 is 0 Å². The van der Waals surface area contributed by atoms with Gasteiger partial charge >= 0.3 is 0 Å². The fourth-order valence-electron chi connectivity index (χ4n) is 3.51. The van der Waals surface area contributed by atoms with Crippen molar-refractivity contribution in [2.75, 3.05) is 5.32 Å². The number of hydrogen-bond acceptors (Lipinski definition) is 2. The van der Waals surface area contributed by atoms with Gasteiger partial charge in [-0.15, -0.1) is 0 Å². The molecule has 1 aromatic carbocycles. The highest BCUT2D eigenvalue weighted by atomic mass is 14.9. The molecule has 0 saturated heterocycles. The lowest BCUT2D eigenvalue weighted by Gasteiger charge is -2.34. The number of fused-ring (bicyclic) bond motifs is 1. The molecule has 0 bridgehead atoms. The van der Waals surface area contributed by atoms with Crippen molar-refractivity contribution in [3.05, 3.63) is 36.0 Å². The average Bonchev–Trinajstić information content (AvgIpc) is 2.41. The molecule has 3 atom stereocenters. The van der Waals surface area contributed by atoms with Crippen LogP contribution in [0.25, 0.3) is 10.9 Å². The molecule has 1 N–H and O–H groups in total. The first-order valence-corrected chi connectivity index (χ1v) is 7.76. The Bertz CT molecular complexity index is 605. The largest absolute Gasteiger partial charge is 0.381 e. The van der Waals surface area contributed by atoms with E-state index < -0.39 is 0 Å². The van der Waals surface area contributed by atoms with Gasteiger partial charge < -0.3 is 5.32 Å². The van der Waals surface area contributed by atoms with E-state index in [1.807, 2.05) is 0 Å². The Hall–Kier alpha value is -1.57. The predicted molar refractivity (Wildman–Crippen MR) is 86.1 cm³/mol. The molecule has 0 aliphatic heterocycles. The van der Waals surface area contributed by atoms with E-state index in [1.165, 1.54) is 30.3 Å². The van der Waals surface area contributed by atoms with Gasteiger partial charge in [0.1, 0.15) is 0 Å². The number of para-hydroxylation sites is 1. The minimum absolute atomic E-state index is 0.594. The van der Waals surface area contributed by atoms with Crippen molar-refractivity contribution in [3.8, 4) is 0 Å². The molecule has 1 aromatic heterocycles. The summed E-state index contributed by atoms with van der Waals surface area (Å²) < 4.78 is 0. The molecule has 1 aliphatic carbocycles. The molecule has 20 heavy (non-hydrogen) atoms. The highest BCUT2D eigenvalue weighted by molar-refractivity contribution is 5.91. The molecule has 3 unspecified atom stereocenters. The van der Waals surface area contributed by atoms with Gasteiger partial charge in [-0.3, -0.25) is 4.98 Å². The van der Waals surface area contributed by atoms with Crippen LogP contribution >= 0.6 is 0 Å². The summed E-state index contributed by atoms with van der Waals surface area (Å²) in [6, 6.07) is 11.2. The summed E-state index contributed by atoms with van der Waals surface area (Å²) in [4.78, 5) is 4.62. The number of hydrogen-bond donors (Lipinski definition) is 1. The topological polar surface area (TPSA) is 24.9 Å². The SMILES string of the molecule is Cc1cc(NC2CCC(C)CC2C)c2ccccc2n1. The van der Waals surface area contributed by atoms with Crippen LogP contribution in [0.5, 0.6) is 0 Å². The average molecular weight is 268 g/mol. The third-order valence-corrected chi connectivity index (χ3v) is 4.62. The van der Waals surface area contributed by atoms with Crippen molar-refractivity contribution in [2.24, 2.45) is 11.8 Å². The van der Waals surface area contributed by atoms with Crippen LogP contribution < -0.4 is 5.32 Å². The Morgan fingerprint density at radius 1 is 1.15 bits per heavy atom. The molecule has 1 fully saturated rings. The van der Waals surface area contributed by atoms with Gasteiger partial charge in [-0.05, 0) is 50.2 Å². The second-order valence-electron chi connectivity index (χ2n) is 6.47. The number of aromatic nitrogens is 1. The second-order valence-corrected chi connectivity index (χ2v) is 6.47. The lowest BCUT2D eigenvalue weighted by Crippen LogP contribution is -2.33. The first-order valence-electron chi connectivity index (χ1n) is 7.76. The van der Waals surface area contributed by atoms with Crippen molar-refractivity contribution in [1.82, 2.24) is 4.98 Å². The summed E-state index contributed by atoms with van der Waals surface area (Å²) >= 11 is 0. The van der Waals surface area contributed by atoms with Crippen LogP contribution in [0.1, 0.15) is 38.8 Å². The fourth-order valence-corrected chi connectivity index (χ4v) is 3.51. The lowest BCUT2D eigenvalue weighted by molar-refractivity contribution is 0.276. The zero-order valence-corrected chi connectivity index (χ0v) is 12.7. The molecule has 0 amide bonds. The Kier molecular flexibility index (Phi) is 3.64. The Morgan fingerprint density at radius 2 is 1.95 bits per heavy atom. The van der Waals surface area contributed by atoms with Gasteiger partial charge in [0.25, 0.3) is 0 Å². The van der Waals surface area contributed by atoms with Crippen LogP contribution in [0.3, 0.4) is 0 Å². The molecular formula is C18H24N2. The van der Waals surface area contributed by atoms with Crippen LogP contribution in [-0.2, 0) is 0 Å². The molecule has 1 aliphatic rings. The first kappa shape index (κ1) is 13.4. The maximum absolute atomic E-state index is 4.62. The van der Waals surface area contributed by atoms with Crippen molar-refractivity contribution in [2.45, 2.75) is 46.1 Å². The number of aryl methyl sites for hydroxylation is 1. The van der Waals surface area contributed by atoms with Crippen LogP contribution in [0.2, 0.25) is 0 Å².